The topological polar surface area (TPSA) is 38.5 Å². The van der Waals surface area contributed by atoms with Gasteiger partial charge in [0.25, 0.3) is 0 Å². The molecule has 0 fully saturated rings. The lowest BCUT2D eigenvalue weighted by Gasteiger charge is -2.31. The van der Waals surface area contributed by atoms with Crippen LogP contribution in [0.4, 0.5) is 11.4 Å². The number of ether oxygens (including phenoxy) is 1. The van der Waals surface area contributed by atoms with E-state index >= 15 is 0 Å². The molecule has 0 spiro atoms. The summed E-state index contributed by atoms with van der Waals surface area (Å²) >= 11 is 0. The molecule has 0 aromatic heterocycles. The minimum atomic E-state index is 0.728. The van der Waals surface area contributed by atoms with Crippen LogP contribution in [0.2, 0.25) is 0 Å². The summed E-state index contributed by atoms with van der Waals surface area (Å²) in [6, 6.07) is 14.7. The Morgan fingerprint density at radius 2 is 1.95 bits per heavy atom. The second-order valence-corrected chi connectivity index (χ2v) is 5.55. The third-order valence-corrected chi connectivity index (χ3v) is 3.88. The minimum Gasteiger partial charge on any atom is -0.493 e. The Kier molecular flexibility index (Phi) is 4.00. The fraction of sp³-hybridized carbons (Fsp3) is 0.333. The van der Waals surface area contributed by atoms with Gasteiger partial charge in [-0.15, -0.1) is 0 Å². The third kappa shape index (κ3) is 3.13. The van der Waals surface area contributed by atoms with Crippen molar-refractivity contribution in [3.63, 3.8) is 0 Å². The van der Waals surface area contributed by atoms with Gasteiger partial charge in [0.2, 0.25) is 0 Å². The van der Waals surface area contributed by atoms with Crippen molar-refractivity contribution in [1.82, 2.24) is 0 Å². The highest BCUT2D eigenvalue weighted by atomic mass is 16.5. The highest BCUT2D eigenvalue weighted by Gasteiger charge is 2.17. The second kappa shape index (κ2) is 6.08. The van der Waals surface area contributed by atoms with E-state index in [0.717, 1.165) is 49.7 Å². The van der Waals surface area contributed by atoms with Crippen LogP contribution in [0, 0.1) is 0 Å². The zero-order valence-corrected chi connectivity index (χ0v) is 12.5. The van der Waals surface area contributed by atoms with Gasteiger partial charge in [-0.2, -0.15) is 0 Å². The second-order valence-electron chi connectivity index (χ2n) is 5.55. The van der Waals surface area contributed by atoms with Crippen LogP contribution >= 0.6 is 0 Å². The first-order valence-electron chi connectivity index (χ1n) is 7.61. The molecule has 21 heavy (non-hydrogen) atoms. The molecular formula is C18H22N2O. The van der Waals surface area contributed by atoms with Crippen LogP contribution in [0.5, 0.6) is 5.75 Å². The van der Waals surface area contributed by atoms with Crippen molar-refractivity contribution in [3.05, 3.63) is 53.6 Å². The number of rotatable bonds is 4. The van der Waals surface area contributed by atoms with Gasteiger partial charge in [-0.05, 0) is 30.0 Å². The molecule has 0 atom stereocenters. The number of benzene rings is 2. The molecule has 2 aromatic rings. The van der Waals surface area contributed by atoms with Crippen molar-refractivity contribution < 1.29 is 4.74 Å². The third-order valence-electron chi connectivity index (χ3n) is 3.88. The molecule has 0 saturated heterocycles. The van der Waals surface area contributed by atoms with Gasteiger partial charge in [0.1, 0.15) is 5.75 Å². The normalized spacial score (nSPS) is 13.9. The maximum atomic E-state index is 6.03. The maximum absolute atomic E-state index is 6.03. The van der Waals surface area contributed by atoms with Crippen molar-refractivity contribution in [1.29, 1.82) is 0 Å². The molecule has 2 N–H and O–H groups in total. The Morgan fingerprint density at radius 3 is 2.76 bits per heavy atom. The van der Waals surface area contributed by atoms with Gasteiger partial charge in [0, 0.05) is 36.6 Å². The molecule has 0 unspecified atom stereocenters. The number of hydrogen-bond acceptors (Lipinski definition) is 3. The van der Waals surface area contributed by atoms with E-state index in [9.17, 15) is 0 Å². The van der Waals surface area contributed by atoms with Gasteiger partial charge >= 0.3 is 0 Å². The highest BCUT2D eigenvalue weighted by Crippen LogP contribution is 2.29. The van der Waals surface area contributed by atoms with E-state index in [0.29, 0.717) is 0 Å². The number of nitrogen functional groups attached to an aromatic ring is 1. The van der Waals surface area contributed by atoms with E-state index in [4.69, 9.17) is 10.5 Å². The average Bonchev–Trinajstić information content (AvgIpc) is 2.52. The predicted octanol–water partition coefficient (Wildman–Crippen LogP) is 3.62. The van der Waals surface area contributed by atoms with Gasteiger partial charge in [-0.3, -0.25) is 0 Å². The van der Waals surface area contributed by atoms with Crippen LogP contribution in [0.25, 0.3) is 0 Å². The van der Waals surface area contributed by atoms with Crippen molar-refractivity contribution in [2.45, 2.75) is 26.3 Å². The molecule has 1 aliphatic rings. The summed E-state index contributed by atoms with van der Waals surface area (Å²) in [5.41, 5.74) is 10.8. The van der Waals surface area contributed by atoms with Crippen molar-refractivity contribution in [2.75, 3.05) is 23.8 Å². The van der Waals surface area contributed by atoms with Crippen LogP contribution in [0.3, 0.4) is 0 Å². The van der Waals surface area contributed by atoms with E-state index < -0.39 is 0 Å². The summed E-state index contributed by atoms with van der Waals surface area (Å²) in [5, 5.41) is 0. The van der Waals surface area contributed by atoms with Crippen molar-refractivity contribution >= 4 is 11.4 Å². The fourth-order valence-corrected chi connectivity index (χ4v) is 2.81. The molecule has 0 saturated carbocycles. The lowest BCUT2D eigenvalue weighted by Crippen LogP contribution is -2.30. The number of anilines is 2. The Bertz CT molecular complexity index is 624. The molecule has 3 heteroatoms. The first-order chi connectivity index (χ1) is 10.3. The fourth-order valence-electron chi connectivity index (χ4n) is 2.81. The van der Waals surface area contributed by atoms with Gasteiger partial charge in [-0.25, -0.2) is 0 Å². The summed E-state index contributed by atoms with van der Waals surface area (Å²) < 4.78 is 5.73. The van der Waals surface area contributed by atoms with Crippen LogP contribution in [0.15, 0.2) is 42.5 Å². The maximum Gasteiger partial charge on any atom is 0.123 e. The zero-order valence-electron chi connectivity index (χ0n) is 12.5. The van der Waals surface area contributed by atoms with Gasteiger partial charge in [-0.1, -0.05) is 31.2 Å². The molecule has 0 bridgehead atoms. The Hall–Kier alpha value is -2.16. The first kappa shape index (κ1) is 13.8. The van der Waals surface area contributed by atoms with E-state index in [1.54, 1.807) is 0 Å². The lowest BCUT2D eigenvalue weighted by atomic mass is 9.99. The van der Waals surface area contributed by atoms with Gasteiger partial charge in [0.15, 0.2) is 0 Å². The zero-order chi connectivity index (χ0) is 14.7. The predicted molar refractivity (Wildman–Crippen MR) is 87.8 cm³/mol. The minimum absolute atomic E-state index is 0.728. The van der Waals surface area contributed by atoms with E-state index in [1.165, 1.54) is 11.1 Å². The van der Waals surface area contributed by atoms with Crippen LogP contribution in [-0.2, 0) is 13.0 Å². The number of hydrogen-bond donors (Lipinski definition) is 1. The summed E-state index contributed by atoms with van der Waals surface area (Å²) in [6.07, 6.45) is 2.08. The number of nitrogens with zero attached hydrogens (tertiary/aromatic N) is 1. The smallest absolute Gasteiger partial charge is 0.123 e. The molecule has 1 heterocycles. The Morgan fingerprint density at radius 1 is 1.14 bits per heavy atom. The lowest BCUT2D eigenvalue weighted by molar-refractivity contribution is 0.317. The number of fused-ring (bicyclic) bond motifs is 1. The van der Waals surface area contributed by atoms with Crippen molar-refractivity contribution in [2.24, 2.45) is 0 Å². The molecular weight excluding hydrogens is 260 g/mol. The SMILES string of the molecule is CCCOc1cc(N)cc(N2CCc3ccccc3C2)c1. The molecule has 110 valence electrons. The molecule has 3 rings (SSSR count). The highest BCUT2D eigenvalue weighted by molar-refractivity contribution is 5.61. The van der Waals surface area contributed by atoms with Crippen LogP contribution in [-0.4, -0.2) is 13.2 Å². The van der Waals surface area contributed by atoms with E-state index in [2.05, 4.69) is 42.2 Å². The Balaban J connectivity index is 1.83. The molecule has 0 radical (unpaired) electrons. The van der Waals surface area contributed by atoms with Gasteiger partial charge in [0.05, 0.1) is 6.61 Å². The van der Waals surface area contributed by atoms with Gasteiger partial charge < -0.3 is 15.4 Å². The molecule has 2 aromatic carbocycles. The molecule has 0 aliphatic carbocycles. The summed E-state index contributed by atoms with van der Waals surface area (Å²) in [7, 11) is 0. The molecule has 0 amide bonds. The number of nitrogens with two attached hydrogens (primary N) is 1. The molecule has 3 nitrogen and oxygen atoms in total. The summed E-state index contributed by atoms with van der Waals surface area (Å²) in [6.45, 7) is 4.79. The van der Waals surface area contributed by atoms with Crippen LogP contribution in [0.1, 0.15) is 24.5 Å². The monoisotopic (exact) mass is 282 g/mol. The first-order valence-corrected chi connectivity index (χ1v) is 7.61. The summed E-state index contributed by atoms with van der Waals surface area (Å²) in [5.74, 6) is 0.866. The van der Waals surface area contributed by atoms with E-state index in [-0.39, 0.29) is 0 Å². The quantitative estimate of drug-likeness (QED) is 0.870. The van der Waals surface area contributed by atoms with Crippen LogP contribution < -0.4 is 15.4 Å². The summed E-state index contributed by atoms with van der Waals surface area (Å²) in [4.78, 5) is 2.37. The standard InChI is InChI=1S/C18H22N2O/c1-2-9-21-18-11-16(19)10-17(12-18)20-8-7-14-5-3-4-6-15(14)13-20/h3-6,10-12H,2,7-9,13,19H2,1H3. The van der Waals surface area contributed by atoms with Crippen molar-refractivity contribution in [3.8, 4) is 5.75 Å². The largest absolute Gasteiger partial charge is 0.493 e. The average molecular weight is 282 g/mol. The van der Waals surface area contributed by atoms with E-state index in [1.807, 2.05) is 12.1 Å². The molecule has 1 aliphatic heterocycles. The Labute approximate surface area is 126 Å².